The van der Waals surface area contributed by atoms with Gasteiger partial charge in [0.1, 0.15) is 5.82 Å². The first kappa shape index (κ1) is 23.5. The number of anilines is 3. The molecule has 1 aromatic carbocycles. The first-order valence-corrected chi connectivity index (χ1v) is 11.9. The highest BCUT2D eigenvalue weighted by Crippen LogP contribution is 2.23. The van der Waals surface area contributed by atoms with Crippen molar-refractivity contribution in [3.63, 3.8) is 0 Å². The van der Waals surface area contributed by atoms with E-state index in [-0.39, 0.29) is 17.5 Å². The highest BCUT2D eigenvalue weighted by atomic mass is 79.9. The Morgan fingerprint density at radius 1 is 1.24 bits per heavy atom. The summed E-state index contributed by atoms with van der Waals surface area (Å²) < 4.78 is 28.3. The van der Waals surface area contributed by atoms with Crippen molar-refractivity contribution in [1.29, 1.82) is 0 Å². The molecular formula is C19H28BrN5O3S. The summed E-state index contributed by atoms with van der Waals surface area (Å²) in [7, 11) is -3.57. The average molecular weight is 486 g/mol. The molecule has 0 spiro atoms. The second kappa shape index (κ2) is 11.4. The lowest BCUT2D eigenvalue weighted by Gasteiger charge is -2.14. The lowest BCUT2D eigenvalue weighted by Crippen LogP contribution is -2.24. The zero-order valence-electron chi connectivity index (χ0n) is 16.7. The second-order valence-corrected chi connectivity index (χ2v) is 9.35. The van der Waals surface area contributed by atoms with E-state index in [1.165, 1.54) is 0 Å². The van der Waals surface area contributed by atoms with Crippen LogP contribution in [-0.2, 0) is 10.0 Å². The highest BCUT2D eigenvalue weighted by Gasteiger charge is 2.14. The Hall–Kier alpha value is -1.75. The Morgan fingerprint density at radius 3 is 2.76 bits per heavy atom. The summed E-state index contributed by atoms with van der Waals surface area (Å²) in [5.74, 6) is 0.837. The van der Waals surface area contributed by atoms with Gasteiger partial charge in [0.25, 0.3) is 0 Å². The third-order valence-electron chi connectivity index (χ3n) is 4.12. The SMILES string of the molecule is CCCCCCNS(=O)(=O)c1cccc(Nc2ncc(Br)c(N[C@H](C)CO)n2)c1. The number of rotatable bonds is 12. The quantitative estimate of drug-likeness (QED) is 0.339. The number of hydrogen-bond acceptors (Lipinski definition) is 7. The van der Waals surface area contributed by atoms with Crippen molar-refractivity contribution in [3.8, 4) is 0 Å². The van der Waals surface area contributed by atoms with Crippen molar-refractivity contribution in [2.45, 2.75) is 50.5 Å². The molecule has 0 aliphatic heterocycles. The van der Waals surface area contributed by atoms with Crippen LogP contribution in [0.4, 0.5) is 17.5 Å². The van der Waals surface area contributed by atoms with E-state index in [2.05, 4.69) is 48.2 Å². The molecule has 0 aliphatic rings. The van der Waals surface area contributed by atoms with Gasteiger partial charge in [-0.2, -0.15) is 4.98 Å². The van der Waals surface area contributed by atoms with Crippen LogP contribution in [-0.4, -0.2) is 42.7 Å². The fraction of sp³-hybridized carbons (Fsp3) is 0.474. The Kier molecular flexibility index (Phi) is 9.28. The molecule has 4 N–H and O–H groups in total. The van der Waals surface area contributed by atoms with Crippen LogP contribution in [0.2, 0.25) is 0 Å². The largest absolute Gasteiger partial charge is 0.394 e. The Bertz CT molecular complexity index is 895. The zero-order valence-corrected chi connectivity index (χ0v) is 19.1. The fourth-order valence-electron chi connectivity index (χ4n) is 2.52. The molecule has 160 valence electrons. The molecule has 2 aromatic rings. The monoisotopic (exact) mass is 485 g/mol. The molecule has 0 unspecified atom stereocenters. The van der Waals surface area contributed by atoms with Crippen LogP contribution in [0, 0.1) is 0 Å². The molecule has 10 heteroatoms. The van der Waals surface area contributed by atoms with Crippen LogP contribution in [0.15, 0.2) is 39.8 Å². The molecule has 0 bridgehead atoms. The number of unbranched alkanes of at least 4 members (excludes halogenated alkanes) is 3. The van der Waals surface area contributed by atoms with E-state index >= 15 is 0 Å². The van der Waals surface area contributed by atoms with Crippen LogP contribution >= 0.6 is 15.9 Å². The lowest BCUT2D eigenvalue weighted by atomic mass is 10.2. The van der Waals surface area contributed by atoms with Crippen LogP contribution in [0.5, 0.6) is 0 Å². The van der Waals surface area contributed by atoms with Gasteiger partial charge >= 0.3 is 0 Å². The first-order valence-electron chi connectivity index (χ1n) is 9.62. The Balaban J connectivity index is 2.08. The van der Waals surface area contributed by atoms with Crippen LogP contribution < -0.4 is 15.4 Å². The van der Waals surface area contributed by atoms with E-state index in [9.17, 15) is 13.5 Å². The maximum atomic E-state index is 12.5. The summed E-state index contributed by atoms with van der Waals surface area (Å²) in [6.07, 6.45) is 5.61. The smallest absolute Gasteiger partial charge is 0.240 e. The summed E-state index contributed by atoms with van der Waals surface area (Å²) >= 11 is 3.37. The van der Waals surface area contributed by atoms with Crippen LogP contribution in [0.1, 0.15) is 39.5 Å². The van der Waals surface area contributed by atoms with Crippen molar-refractivity contribution >= 4 is 43.4 Å². The summed E-state index contributed by atoms with van der Waals surface area (Å²) in [4.78, 5) is 8.75. The molecule has 29 heavy (non-hydrogen) atoms. The Morgan fingerprint density at radius 2 is 2.03 bits per heavy atom. The summed E-state index contributed by atoms with van der Waals surface area (Å²) in [6.45, 7) is 4.33. The number of aliphatic hydroxyl groups is 1. The standard InChI is InChI=1S/C19H28BrN5O3S/c1-3-4-5-6-10-22-29(27,28)16-9-7-8-15(11-16)24-19-21-12-17(20)18(25-19)23-14(2)13-26/h7-9,11-12,14,22,26H,3-6,10,13H2,1-2H3,(H2,21,23,24,25)/t14-/m1/s1. The number of hydrogen-bond donors (Lipinski definition) is 4. The van der Waals surface area contributed by atoms with E-state index in [1.54, 1.807) is 30.5 Å². The van der Waals surface area contributed by atoms with Crippen molar-refractivity contribution in [3.05, 3.63) is 34.9 Å². The van der Waals surface area contributed by atoms with Gasteiger partial charge < -0.3 is 15.7 Å². The normalized spacial score (nSPS) is 12.6. The second-order valence-electron chi connectivity index (χ2n) is 6.73. The van der Waals surface area contributed by atoms with Gasteiger partial charge in [-0.3, -0.25) is 0 Å². The fourth-order valence-corrected chi connectivity index (χ4v) is 3.94. The van der Waals surface area contributed by atoms with Gasteiger partial charge in [-0.1, -0.05) is 32.3 Å². The first-order chi connectivity index (χ1) is 13.9. The third-order valence-corrected chi connectivity index (χ3v) is 6.16. The van der Waals surface area contributed by atoms with Crippen molar-refractivity contribution in [2.75, 3.05) is 23.8 Å². The molecule has 2 rings (SSSR count). The number of aliphatic hydroxyl groups excluding tert-OH is 1. The molecule has 0 radical (unpaired) electrons. The van der Waals surface area contributed by atoms with E-state index in [1.807, 2.05) is 6.92 Å². The molecule has 8 nitrogen and oxygen atoms in total. The molecule has 0 saturated carbocycles. The summed E-state index contributed by atoms with van der Waals surface area (Å²) in [5, 5.41) is 15.3. The van der Waals surface area contributed by atoms with Crippen molar-refractivity contribution < 1.29 is 13.5 Å². The molecule has 0 aliphatic carbocycles. The van der Waals surface area contributed by atoms with Crippen molar-refractivity contribution in [2.24, 2.45) is 0 Å². The number of halogens is 1. The van der Waals surface area contributed by atoms with Gasteiger partial charge in [0, 0.05) is 24.5 Å². The summed E-state index contributed by atoms with van der Waals surface area (Å²) in [6, 6.07) is 6.33. The molecule has 1 heterocycles. The topological polar surface area (TPSA) is 116 Å². The van der Waals surface area contributed by atoms with Gasteiger partial charge in [-0.15, -0.1) is 0 Å². The minimum Gasteiger partial charge on any atom is -0.394 e. The third kappa shape index (κ3) is 7.54. The van der Waals surface area contributed by atoms with E-state index < -0.39 is 10.0 Å². The maximum Gasteiger partial charge on any atom is 0.240 e. The minimum absolute atomic E-state index is 0.0371. The molecule has 0 amide bonds. The molecular weight excluding hydrogens is 458 g/mol. The zero-order chi connectivity index (χ0) is 21.3. The predicted molar refractivity (Wildman–Crippen MR) is 119 cm³/mol. The average Bonchev–Trinajstić information content (AvgIpc) is 2.70. The van der Waals surface area contributed by atoms with E-state index in [0.717, 1.165) is 25.7 Å². The minimum atomic E-state index is -3.57. The number of aromatic nitrogens is 2. The number of nitrogens with one attached hydrogen (secondary N) is 3. The molecule has 1 atom stereocenters. The van der Waals surface area contributed by atoms with Gasteiger partial charge in [0.15, 0.2) is 0 Å². The van der Waals surface area contributed by atoms with E-state index in [4.69, 9.17) is 0 Å². The summed E-state index contributed by atoms with van der Waals surface area (Å²) in [5.41, 5.74) is 0.558. The lowest BCUT2D eigenvalue weighted by molar-refractivity contribution is 0.281. The predicted octanol–water partition coefficient (Wildman–Crippen LogP) is 3.63. The molecule has 0 fully saturated rings. The number of nitrogens with zero attached hydrogens (tertiary/aromatic N) is 2. The maximum absolute atomic E-state index is 12.5. The molecule has 0 saturated heterocycles. The van der Waals surface area contributed by atoms with Gasteiger partial charge in [0.2, 0.25) is 16.0 Å². The molecule has 1 aromatic heterocycles. The van der Waals surface area contributed by atoms with Gasteiger partial charge in [-0.05, 0) is 47.5 Å². The van der Waals surface area contributed by atoms with E-state index in [0.29, 0.717) is 28.5 Å². The van der Waals surface area contributed by atoms with Gasteiger partial charge in [0.05, 0.1) is 16.0 Å². The van der Waals surface area contributed by atoms with Crippen LogP contribution in [0.25, 0.3) is 0 Å². The van der Waals surface area contributed by atoms with Crippen molar-refractivity contribution in [1.82, 2.24) is 14.7 Å². The number of sulfonamides is 1. The van der Waals surface area contributed by atoms with Gasteiger partial charge in [-0.25, -0.2) is 18.1 Å². The van der Waals surface area contributed by atoms with Crippen LogP contribution in [0.3, 0.4) is 0 Å². The number of benzene rings is 1. The Labute approximate surface area is 180 Å². The highest BCUT2D eigenvalue weighted by molar-refractivity contribution is 9.10.